The van der Waals surface area contributed by atoms with E-state index in [2.05, 4.69) is 41.1 Å². The molecule has 0 aliphatic rings. The molecule has 1 heterocycles. The molecule has 0 fully saturated rings. The van der Waals surface area contributed by atoms with Gasteiger partial charge >= 0.3 is 0 Å². The van der Waals surface area contributed by atoms with E-state index in [-0.39, 0.29) is 11.9 Å². The van der Waals surface area contributed by atoms with E-state index in [1.165, 1.54) is 16.9 Å². The fourth-order valence-corrected chi connectivity index (χ4v) is 3.10. The highest BCUT2D eigenvalue weighted by Gasteiger charge is 2.30. The second kappa shape index (κ2) is 10.0. The minimum atomic E-state index is -0.833. The lowest BCUT2D eigenvalue weighted by atomic mass is 10.1. The molecule has 0 aliphatic heterocycles. The minimum absolute atomic E-state index is 0.231. The molecule has 0 aliphatic carbocycles. The lowest BCUT2D eigenvalue weighted by molar-refractivity contribution is -0.127. The summed E-state index contributed by atoms with van der Waals surface area (Å²) >= 11 is 0. The Kier molecular flexibility index (Phi) is 7.74. The zero-order chi connectivity index (χ0) is 18.9. The van der Waals surface area contributed by atoms with Gasteiger partial charge in [0.2, 0.25) is 18.7 Å². The van der Waals surface area contributed by atoms with Gasteiger partial charge in [-0.2, -0.15) is 0 Å². The van der Waals surface area contributed by atoms with Crippen LogP contribution in [0.2, 0.25) is 0 Å². The van der Waals surface area contributed by atoms with Crippen LogP contribution >= 0.6 is 0 Å². The van der Waals surface area contributed by atoms with Crippen LogP contribution in [0.4, 0.5) is 0 Å². The summed E-state index contributed by atoms with van der Waals surface area (Å²) in [6.45, 7) is 6.98. The number of hydrogen-bond donors (Lipinski definition) is 1. The Morgan fingerprint density at radius 1 is 1.27 bits per heavy atom. The highest BCUT2D eigenvalue weighted by Crippen LogP contribution is 2.23. The summed E-state index contributed by atoms with van der Waals surface area (Å²) in [5.41, 5.74) is 1.17. The predicted octanol–water partition coefficient (Wildman–Crippen LogP) is 2.60. The molecule has 0 saturated heterocycles. The van der Waals surface area contributed by atoms with Gasteiger partial charge < -0.3 is 14.4 Å². The molecular weight excluding hydrogens is 332 g/mol. The topological polar surface area (TPSA) is 82.7 Å². The molecule has 1 N–H and O–H groups in total. The van der Waals surface area contributed by atoms with Crippen LogP contribution in [0.3, 0.4) is 0 Å². The lowest BCUT2D eigenvalue weighted by Crippen LogP contribution is -2.45. The van der Waals surface area contributed by atoms with Crippen LogP contribution < -0.4 is 0 Å². The molecule has 0 saturated carbocycles. The van der Waals surface area contributed by atoms with E-state index < -0.39 is 12.1 Å². The molecular formula is C19H28N4O3. The molecule has 3 atom stereocenters. The third-order valence-electron chi connectivity index (χ3n) is 4.48. The monoisotopic (exact) mass is 360 g/mol. The van der Waals surface area contributed by atoms with E-state index in [0.29, 0.717) is 13.2 Å². The number of carbonyl (C=O) groups is 1. The third kappa shape index (κ3) is 5.37. The van der Waals surface area contributed by atoms with Crippen LogP contribution in [0.1, 0.15) is 51.1 Å². The summed E-state index contributed by atoms with van der Waals surface area (Å²) < 4.78 is 5.25. The zero-order valence-electron chi connectivity index (χ0n) is 15.7. The zero-order valence-corrected chi connectivity index (χ0v) is 15.7. The van der Waals surface area contributed by atoms with Crippen molar-refractivity contribution in [2.24, 2.45) is 0 Å². The second-order valence-electron chi connectivity index (χ2n) is 6.59. The fourth-order valence-electron chi connectivity index (χ4n) is 3.10. The standard InChI is InChI=1S/C19H28N4O3/c1-4-8-15(2)22(11-17-9-6-5-7-10-17)13-23(14-24)18(16(3)25)19-21-20-12-26-19/h5-7,9-10,12,14-16,18,25H,4,8,11,13H2,1-3H3/t15?,16-,18+/m1/s1. The van der Waals surface area contributed by atoms with Gasteiger partial charge in [-0.1, -0.05) is 43.7 Å². The maximum absolute atomic E-state index is 11.8. The number of carbonyl (C=O) groups excluding carboxylic acids is 1. The smallest absolute Gasteiger partial charge is 0.241 e. The molecule has 2 rings (SSSR count). The van der Waals surface area contributed by atoms with E-state index >= 15 is 0 Å². The molecule has 0 radical (unpaired) electrons. The van der Waals surface area contributed by atoms with Crippen LogP contribution in [0.15, 0.2) is 41.1 Å². The first kappa shape index (κ1) is 20.1. The van der Waals surface area contributed by atoms with Crippen molar-refractivity contribution in [1.29, 1.82) is 0 Å². The molecule has 1 unspecified atom stereocenters. The Hall–Kier alpha value is -2.25. The molecule has 0 bridgehead atoms. The van der Waals surface area contributed by atoms with Crippen molar-refractivity contribution in [2.45, 2.75) is 58.3 Å². The number of benzene rings is 1. The van der Waals surface area contributed by atoms with Crippen LogP contribution in [0.25, 0.3) is 0 Å². The van der Waals surface area contributed by atoms with Crippen LogP contribution in [-0.4, -0.2) is 50.3 Å². The van der Waals surface area contributed by atoms with Crippen molar-refractivity contribution in [3.05, 3.63) is 48.2 Å². The van der Waals surface area contributed by atoms with Crippen molar-refractivity contribution in [1.82, 2.24) is 20.0 Å². The minimum Gasteiger partial charge on any atom is -0.426 e. The van der Waals surface area contributed by atoms with Crippen LogP contribution in [0, 0.1) is 0 Å². The van der Waals surface area contributed by atoms with Gasteiger partial charge in [0.25, 0.3) is 0 Å². The van der Waals surface area contributed by atoms with Crippen molar-refractivity contribution >= 4 is 6.41 Å². The third-order valence-corrected chi connectivity index (χ3v) is 4.48. The summed E-state index contributed by atoms with van der Waals surface area (Å²) in [5, 5.41) is 17.7. The maximum atomic E-state index is 11.8. The number of aliphatic hydroxyl groups is 1. The normalized spacial score (nSPS) is 14.8. The van der Waals surface area contributed by atoms with Gasteiger partial charge in [-0.3, -0.25) is 9.69 Å². The predicted molar refractivity (Wildman–Crippen MR) is 97.8 cm³/mol. The van der Waals surface area contributed by atoms with E-state index in [0.717, 1.165) is 19.3 Å². The molecule has 2 aromatic rings. The Bertz CT molecular complexity index is 633. The number of nitrogens with zero attached hydrogens (tertiary/aromatic N) is 4. The quantitative estimate of drug-likeness (QED) is 0.490. The summed E-state index contributed by atoms with van der Waals surface area (Å²) in [4.78, 5) is 15.6. The lowest BCUT2D eigenvalue weighted by Gasteiger charge is -2.36. The van der Waals surface area contributed by atoms with Crippen molar-refractivity contribution in [3.8, 4) is 0 Å². The summed E-state index contributed by atoms with van der Waals surface area (Å²) in [6, 6.07) is 9.74. The molecule has 26 heavy (non-hydrogen) atoms. The first-order chi connectivity index (χ1) is 12.6. The van der Waals surface area contributed by atoms with Crippen LogP contribution in [0.5, 0.6) is 0 Å². The average Bonchev–Trinajstić information content (AvgIpc) is 3.15. The molecule has 1 amide bonds. The molecule has 1 aromatic carbocycles. The van der Waals surface area contributed by atoms with Gasteiger partial charge in [0.1, 0.15) is 6.04 Å². The molecule has 7 nitrogen and oxygen atoms in total. The molecule has 1 aromatic heterocycles. The number of rotatable bonds is 11. The number of aromatic nitrogens is 2. The number of aliphatic hydroxyl groups excluding tert-OH is 1. The van der Waals surface area contributed by atoms with Crippen molar-refractivity contribution < 1.29 is 14.3 Å². The van der Waals surface area contributed by atoms with E-state index in [1.807, 2.05) is 18.2 Å². The highest BCUT2D eigenvalue weighted by atomic mass is 16.4. The second-order valence-corrected chi connectivity index (χ2v) is 6.59. The Morgan fingerprint density at radius 2 is 2.00 bits per heavy atom. The van der Waals surface area contributed by atoms with Gasteiger partial charge in [-0.05, 0) is 25.8 Å². The largest absolute Gasteiger partial charge is 0.426 e. The highest BCUT2D eigenvalue weighted by molar-refractivity contribution is 5.48. The van der Waals surface area contributed by atoms with Crippen LogP contribution in [-0.2, 0) is 11.3 Å². The summed E-state index contributed by atoms with van der Waals surface area (Å²) in [5.74, 6) is 0.231. The maximum Gasteiger partial charge on any atom is 0.241 e. The van der Waals surface area contributed by atoms with Gasteiger partial charge in [0.05, 0.1) is 12.8 Å². The summed E-state index contributed by atoms with van der Waals surface area (Å²) in [6.07, 6.45) is 3.17. The first-order valence-electron chi connectivity index (χ1n) is 9.00. The van der Waals surface area contributed by atoms with Crippen molar-refractivity contribution in [3.63, 3.8) is 0 Å². The Labute approximate surface area is 154 Å². The van der Waals surface area contributed by atoms with E-state index in [4.69, 9.17) is 4.42 Å². The average molecular weight is 360 g/mol. The Balaban J connectivity index is 2.21. The fraction of sp³-hybridized carbons (Fsp3) is 0.526. The van der Waals surface area contributed by atoms with Gasteiger partial charge in [-0.15, -0.1) is 10.2 Å². The number of hydrogen-bond acceptors (Lipinski definition) is 6. The molecule has 0 spiro atoms. The van der Waals surface area contributed by atoms with Gasteiger partial charge in [-0.25, -0.2) is 0 Å². The SMILES string of the molecule is CCCC(C)N(Cc1ccccc1)CN(C=O)[C@H](c1nnco1)[C@@H](C)O. The van der Waals surface area contributed by atoms with Gasteiger partial charge in [0, 0.05) is 12.6 Å². The van der Waals surface area contributed by atoms with E-state index in [9.17, 15) is 9.90 Å². The molecule has 142 valence electrons. The first-order valence-corrected chi connectivity index (χ1v) is 9.00. The Morgan fingerprint density at radius 3 is 2.54 bits per heavy atom. The summed E-state index contributed by atoms with van der Waals surface area (Å²) in [7, 11) is 0. The van der Waals surface area contributed by atoms with Gasteiger partial charge in [0.15, 0.2) is 0 Å². The van der Waals surface area contributed by atoms with E-state index in [1.54, 1.807) is 6.92 Å². The van der Waals surface area contributed by atoms with Crippen molar-refractivity contribution in [2.75, 3.05) is 6.67 Å². The number of amides is 1. The molecule has 7 heteroatoms.